The lowest BCUT2D eigenvalue weighted by Gasteiger charge is -2.08. The van der Waals surface area contributed by atoms with Crippen molar-refractivity contribution in [2.24, 2.45) is 0 Å². The second kappa shape index (κ2) is 9.71. The zero-order chi connectivity index (χ0) is 23.7. The van der Waals surface area contributed by atoms with Crippen molar-refractivity contribution in [3.8, 4) is 34.2 Å². The van der Waals surface area contributed by atoms with Gasteiger partial charge in [-0.2, -0.15) is 0 Å². The summed E-state index contributed by atoms with van der Waals surface area (Å²) in [6, 6.07) is 12.4. The van der Waals surface area contributed by atoms with E-state index < -0.39 is 5.25 Å². The van der Waals surface area contributed by atoms with Crippen molar-refractivity contribution in [3.05, 3.63) is 70.4 Å². The van der Waals surface area contributed by atoms with Crippen LogP contribution in [0.5, 0.6) is 0 Å². The van der Waals surface area contributed by atoms with Crippen LogP contribution in [0.4, 0.5) is 5.13 Å². The number of rotatable bonds is 7. The molecule has 0 fully saturated rings. The van der Waals surface area contributed by atoms with Gasteiger partial charge in [-0.25, -0.2) is 9.97 Å². The van der Waals surface area contributed by atoms with Crippen molar-refractivity contribution in [1.29, 1.82) is 0 Å². The predicted octanol–water partition coefficient (Wildman–Crippen LogP) is 7.48. The normalized spacial score (nSPS) is 12.1. The zero-order valence-electron chi connectivity index (χ0n) is 17.5. The van der Waals surface area contributed by atoms with Gasteiger partial charge in [0, 0.05) is 16.0 Å². The fourth-order valence-corrected chi connectivity index (χ4v) is 5.20. The van der Waals surface area contributed by atoms with Crippen LogP contribution in [-0.4, -0.2) is 26.1 Å². The summed E-state index contributed by atoms with van der Waals surface area (Å²) >= 11 is 14.9. The Bertz CT molecular complexity index is 1380. The third-order valence-electron chi connectivity index (χ3n) is 4.80. The average Bonchev–Trinajstić information content (AvgIpc) is 3.59. The van der Waals surface area contributed by atoms with Crippen LogP contribution < -0.4 is 5.32 Å². The van der Waals surface area contributed by atoms with Gasteiger partial charge in [0.15, 0.2) is 21.8 Å². The van der Waals surface area contributed by atoms with E-state index >= 15 is 0 Å². The van der Waals surface area contributed by atoms with Gasteiger partial charge >= 0.3 is 0 Å². The summed E-state index contributed by atoms with van der Waals surface area (Å²) in [5.41, 5.74) is 2.70. The van der Waals surface area contributed by atoms with E-state index in [9.17, 15) is 4.79 Å². The molecule has 4 aromatic heterocycles. The minimum Gasteiger partial charge on any atom is -0.463 e. The molecule has 0 radical (unpaired) electrons. The van der Waals surface area contributed by atoms with Gasteiger partial charge in [0.2, 0.25) is 5.91 Å². The molecule has 7 nitrogen and oxygen atoms in total. The monoisotopic (exact) mass is 530 g/mol. The van der Waals surface area contributed by atoms with Crippen molar-refractivity contribution in [3.63, 3.8) is 0 Å². The van der Waals surface area contributed by atoms with E-state index in [0.29, 0.717) is 48.9 Å². The molecule has 0 bridgehead atoms. The molecular weight excluding hydrogens is 515 g/mol. The van der Waals surface area contributed by atoms with Crippen molar-refractivity contribution in [2.75, 3.05) is 5.32 Å². The molecule has 0 spiro atoms. The molecular formula is C23H16Cl2N4O3S2. The van der Waals surface area contributed by atoms with Gasteiger partial charge in [0.1, 0.15) is 11.4 Å². The van der Waals surface area contributed by atoms with E-state index in [-0.39, 0.29) is 5.91 Å². The Morgan fingerprint density at radius 3 is 2.59 bits per heavy atom. The molecule has 1 aromatic carbocycles. The maximum absolute atomic E-state index is 12.8. The van der Waals surface area contributed by atoms with Gasteiger partial charge < -0.3 is 19.1 Å². The number of thiazole rings is 1. The number of imidazole rings is 1. The standard InChI is InChI=1S/C23H16Cl2N4O3S2/c1-12(21(30)29-22-26-16(11-33-22)14-7-6-13(24)10-15(14)25)34-23-27-19(17-4-2-8-31-17)20(28-23)18-5-3-9-32-18/h2-12H,1H3,(H,27,28)(H,26,29,30). The van der Waals surface area contributed by atoms with Crippen LogP contribution in [0.2, 0.25) is 10.0 Å². The first-order valence-corrected chi connectivity index (χ1v) is 12.6. The Hall–Kier alpha value is -2.98. The van der Waals surface area contributed by atoms with Crippen LogP contribution in [0.25, 0.3) is 34.2 Å². The van der Waals surface area contributed by atoms with Crippen LogP contribution >= 0.6 is 46.3 Å². The molecule has 1 unspecified atom stereocenters. The van der Waals surface area contributed by atoms with Crippen LogP contribution in [0, 0.1) is 0 Å². The maximum atomic E-state index is 12.8. The number of aromatic amines is 1. The first-order valence-electron chi connectivity index (χ1n) is 10.0. The second-order valence-electron chi connectivity index (χ2n) is 7.13. The molecule has 0 aliphatic heterocycles. The van der Waals surface area contributed by atoms with Gasteiger partial charge in [0.25, 0.3) is 0 Å². The Labute approximate surface area is 212 Å². The number of furan rings is 2. The van der Waals surface area contributed by atoms with E-state index in [1.165, 1.54) is 23.1 Å². The summed E-state index contributed by atoms with van der Waals surface area (Å²) in [7, 11) is 0. The first-order chi connectivity index (χ1) is 16.5. The highest BCUT2D eigenvalue weighted by atomic mass is 35.5. The van der Waals surface area contributed by atoms with Crippen LogP contribution in [0.3, 0.4) is 0 Å². The number of halogens is 2. The largest absolute Gasteiger partial charge is 0.463 e. The van der Waals surface area contributed by atoms with Crippen LogP contribution in [-0.2, 0) is 4.79 Å². The molecule has 0 saturated carbocycles. The van der Waals surface area contributed by atoms with Gasteiger partial charge in [-0.3, -0.25) is 4.79 Å². The number of H-pyrrole nitrogens is 1. The SMILES string of the molecule is CC(Sc1nc(-c2ccco2)c(-c2ccco2)[nH]1)C(=O)Nc1nc(-c2ccc(Cl)cc2Cl)cs1. The third-order valence-corrected chi connectivity index (χ3v) is 7.09. The number of benzene rings is 1. The van der Waals surface area contributed by atoms with Crippen molar-refractivity contribution < 1.29 is 13.6 Å². The number of anilines is 1. The minimum absolute atomic E-state index is 0.205. The lowest BCUT2D eigenvalue weighted by molar-refractivity contribution is -0.115. The average molecular weight is 531 g/mol. The van der Waals surface area contributed by atoms with Crippen LogP contribution in [0.15, 0.2) is 74.4 Å². The second-order valence-corrected chi connectivity index (χ2v) is 10.2. The van der Waals surface area contributed by atoms with E-state index in [1.54, 1.807) is 49.8 Å². The number of thioether (sulfide) groups is 1. The molecule has 34 heavy (non-hydrogen) atoms. The Morgan fingerprint density at radius 2 is 1.88 bits per heavy atom. The fraction of sp³-hybridized carbons (Fsp3) is 0.0870. The summed E-state index contributed by atoms with van der Waals surface area (Å²) in [6.07, 6.45) is 3.17. The molecule has 172 valence electrons. The number of hydrogen-bond donors (Lipinski definition) is 2. The number of amides is 1. The summed E-state index contributed by atoms with van der Waals surface area (Å²) < 4.78 is 11.1. The maximum Gasteiger partial charge on any atom is 0.239 e. The van der Waals surface area contributed by atoms with E-state index in [2.05, 4.69) is 20.3 Å². The number of hydrogen-bond acceptors (Lipinski definition) is 7. The highest BCUT2D eigenvalue weighted by Gasteiger charge is 2.22. The summed E-state index contributed by atoms with van der Waals surface area (Å²) in [6.45, 7) is 1.80. The summed E-state index contributed by atoms with van der Waals surface area (Å²) in [5, 5.41) is 6.33. The zero-order valence-corrected chi connectivity index (χ0v) is 20.7. The van der Waals surface area contributed by atoms with Gasteiger partial charge in [-0.05, 0) is 49.4 Å². The van der Waals surface area contributed by atoms with E-state index in [0.717, 1.165) is 5.56 Å². The van der Waals surface area contributed by atoms with Crippen molar-refractivity contribution >= 4 is 57.3 Å². The van der Waals surface area contributed by atoms with Crippen molar-refractivity contribution in [2.45, 2.75) is 17.3 Å². The third kappa shape index (κ3) is 4.78. The Kier molecular flexibility index (Phi) is 6.51. The van der Waals surface area contributed by atoms with Gasteiger partial charge in [0.05, 0.1) is 28.5 Å². The quantitative estimate of drug-likeness (QED) is 0.211. The lowest BCUT2D eigenvalue weighted by Crippen LogP contribution is -2.22. The van der Waals surface area contributed by atoms with Gasteiger partial charge in [-0.1, -0.05) is 35.0 Å². The topological polar surface area (TPSA) is 97.0 Å². The summed E-state index contributed by atoms with van der Waals surface area (Å²) in [4.78, 5) is 25.2. The minimum atomic E-state index is -0.452. The van der Waals surface area contributed by atoms with E-state index in [1.807, 2.05) is 17.5 Å². The predicted molar refractivity (Wildman–Crippen MR) is 136 cm³/mol. The fourth-order valence-electron chi connectivity index (χ4n) is 3.18. The molecule has 1 atom stereocenters. The lowest BCUT2D eigenvalue weighted by atomic mass is 10.2. The molecule has 4 heterocycles. The summed E-state index contributed by atoms with van der Waals surface area (Å²) in [5.74, 6) is 1.02. The Balaban J connectivity index is 1.31. The molecule has 1 amide bonds. The molecule has 5 rings (SSSR count). The Morgan fingerprint density at radius 1 is 1.12 bits per heavy atom. The van der Waals surface area contributed by atoms with Crippen LogP contribution in [0.1, 0.15) is 6.92 Å². The number of nitrogens with one attached hydrogen (secondary N) is 2. The molecule has 0 saturated heterocycles. The van der Waals surface area contributed by atoms with Crippen molar-refractivity contribution in [1.82, 2.24) is 15.0 Å². The first kappa shape index (κ1) is 22.8. The number of nitrogens with zero attached hydrogens (tertiary/aromatic N) is 2. The molecule has 11 heteroatoms. The molecule has 5 aromatic rings. The molecule has 0 aliphatic rings. The smallest absolute Gasteiger partial charge is 0.239 e. The van der Waals surface area contributed by atoms with E-state index in [4.69, 9.17) is 32.0 Å². The molecule has 0 aliphatic carbocycles. The highest BCUT2D eigenvalue weighted by Crippen LogP contribution is 2.35. The van der Waals surface area contributed by atoms with Gasteiger partial charge in [-0.15, -0.1) is 11.3 Å². The highest BCUT2D eigenvalue weighted by molar-refractivity contribution is 8.00. The number of carbonyl (C=O) groups excluding carboxylic acids is 1. The number of carbonyl (C=O) groups is 1. The molecule has 2 N–H and O–H groups in total. The number of aromatic nitrogens is 3.